The van der Waals surface area contributed by atoms with E-state index in [2.05, 4.69) is 21.6 Å². The van der Waals surface area contributed by atoms with Gasteiger partial charge in [0.05, 0.1) is 11.2 Å². The van der Waals surface area contributed by atoms with Gasteiger partial charge >= 0.3 is 0 Å². The van der Waals surface area contributed by atoms with Crippen LogP contribution in [-0.4, -0.2) is 27.4 Å². The van der Waals surface area contributed by atoms with Gasteiger partial charge in [0.25, 0.3) is 0 Å². The Labute approximate surface area is 141 Å². The van der Waals surface area contributed by atoms with E-state index in [1.54, 1.807) is 0 Å². The number of nitrogens with one attached hydrogen (secondary N) is 1. The van der Waals surface area contributed by atoms with Gasteiger partial charge in [-0.15, -0.1) is 11.3 Å². The van der Waals surface area contributed by atoms with Gasteiger partial charge in [0.1, 0.15) is 6.10 Å². The molecule has 1 N–H and O–H groups in total. The summed E-state index contributed by atoms with van der Waals surface area (Å²) in [5.74, 6) is 0.731. The average Bonchev–Trinajstić information content (AvgIpc) is 3.13. The molecule has 0 spiro atoms. The highest BCUT2D eigenvalue weighted by atomic mass is 32.1. The van der Waals surface area contributed by atoms with Gasteiger partial charge in [0.15, 0.2) is 0 Å². The predicted octanol–water partition coefficient (Wildman–Crippen LogP) is 3.15. The fourth-order valence-electron chi connectivity index (χ4n) is 3.39. The molecule has 1 aliphatic carbocycles. The molecule has 1 saturated carbocycles. The van der Waals surface area contributed by atoms with Crippen molar-refractivity contribution in [3.8, 4) is 0 Å². The molecule has 23 heavy (non-hydrogen) atoms. The third-order valence-electron chi connectivity index (χ3n) is 4.94. The van der Waals surface area contributed by atoms with Gasteiger partial charge in [-0.05, 0) is 25.7 Å². The molecule has 0 unspecified atom stereocenters. The predicted molar refractivity (Wildman–Crippen MR) is 90.5 cm³/mol. The summed E-state index contributed by atoms with van der Waals surface area (Å²) in [5.41, 5.74) is 1.17. The van der Waals surface area contributed by atoms with E-state index in [1.165, 1.54) is 34.7 Å². The zero-order valence-corrected chi connectivity index (χ0v) is 14.4. The van der Waals surface area contributed by atoms with Crippen LogP contribution >= 0.6 is 11.3 Å². The van der Waals surface area contributed by atoms with E-state index in [0.717, 1.165) is 31.9 Å². The second kappa shape index (κ2) is 6.71. The number of hydrogen-bond acceptors (Lipinski definition) is 5. The number of nitrogens with zero attached hydrogens (tertiary/aromatic N) is 3. The van der Waals surface area contributed by atoms with E-state index in [0.29, 0.717) is 6.04 Å². The molecule has 4 rings (SSSR count). The third-order valence-corrected chi connectivity index (χ3v) is 6.10. The maximum absolute atomic E-state index is 6.02. The molecule has 2 aromatic heterocycles. The van der Waals surface area contributed by atoms with E-state index in [-0.39, 0.29) is 6.10 Å². The summed E-state index contributed by atoms with van der Waals surface area (Å²) >= 11 is 1.88. The molecule has 6 heteroatoms. The summed E-state index contributed by atoms with van der Waals surface area (Å²) in [6, 6.07) is 0.349. The van der Waals surface area contributed by atoms with Crippen LogP contribution in [0.15, 0.2) is 18.6 Å². The lowest BCUT2D eigenvalue weighted by Gasteiger charge is -2.31. The van der Waals surface area contributed by atoms with Crippen LogP contribution in [0.3, 0.4) is 0 Å². The van der Waals surface area contributed by atoms with E-state index in [9.17, 15) is 0 Å². The Hall–Kier alpha value is -1.24. The second-order valence-corrected chi connectivity index (χ2v) is 7.81. The van der Waals surface area contributed by atoms with E-state index >= 15 is 0 Å². The van der Waals surface area contributed by atoms with Gasteiger partial charge in [-0.1, -0.05) is 6.42 Å². The fraction of sp³-hybridized carbons (Fsp3) is 0.647. The average molecular weight is 332 g/mol. The number of aromatic nitrogens is 3. The maximum Gasteiger partial charge on any atom is 0.101 e. The van der Waals surface area contributed by atoms with Crippen molar-refractivity contribution in [1.82, 2.24) is 20.1 Å². The van der Waals surface area contributed by atoms with E-state index in [1.807, 2.05) is 35.5 Å². The van der Waals surface area contributed by atoms with Crippen LogP contribution in [-0.2, 0) is 18.3 Å². The number of ether oxygens (including phenoxy) is 1. The SMILES string of the molecule is Cn1cc([C@@H]2OCCC[C@H]2NCc2cnc(C3CCC3)s2)cn1. The van der Waals surface area contributed by atoms with Crippen LogP contribution < -0.4 is 5.32 Å². The highest BCUT2D eigenvalue weighted by Gasteiger charge is 2.28. The molecule has 5 nitrogen and oxygen atoms in total. The largest absolute Gasteiger partial charge is 0.372 e. The van der Waals surface area contributed by atoms with Crippen molar-refractivity contribution in [3.63, 3.8) is 0 Å². The number of thiazole rings is 1. The van der Waals surface area contributed by atoms with Crippen LogP contribution in [0.5, 0.6) is 0 Å². The molecule has 0 amide bonds. The lowest BCUT2D eigenvalue weighted by Crippen LogP contribution is -2.38. The Morgan fingerprint density at radius 2 is 2.22 bits per heavy atom. The Kier molecular flexibility index (Phi) is 4.46. The van der Waals surface area contributed by atoms with E-state index in [4.69, 9.17) is 4.74 Å². The monoisotopic (exact) mass is 332 g/mol. The third kappa shape index (κ3) is 3.34. The molecule has 2 aromatic rings. The summed E-state index contributed by atoms with van der Waals surface area (Å²) < 4.78 is 7.87. The van der Waals surface area contributed by atoms with Crippen molar-refractivity contribution in [2.24, 2.45) is 7.05 Å². The van der Waals surface area contributed by atoms with Crippen LogP contribution in [0.4, 0.5) is 0 Å². The van der Waals surface area contributed by atoms with Gasteiger partial charge in [-0.2, -0.15) is 5.10 Å². The van der Waals surface area contributed by atoms with Crippen LogP contribution in [0, 0.1) is 0 Å². The molecule has 0 bridgehead atoms. The minimum Gasteiger partial charge on any atom is -0.372 e. The van der Waals surface area contributed by atoms with Crippen molar-refractivity contribution in [2.45, 2.75) is 56.7 Å². The summed E-state index contributed by atoms with van der Waals surface area (Å²) in [6.45, 7) is 1.72. The molecular formula is C17H24N4OS. The van der Waals surface area contributed by atoms with Crippen molar-refractivity contribution in [1.29, 1.82) is 0 Å². The Bertz CT molecular complexity index is 649. The lowest BCUT2D eigenvalue weighted by atomic mass is 9.86. The van der Waals surface area contributed by atoms with Crippen molar-refractivity contribution < 1.29 is 4.74 Å². The fourth-order valence-corrected chi connectivity index (χ4v) is 4.42. The molecule has 3 heterocycles. The highest BCUT2D eigenvalue weighted by molar-refractivity contribution is 7.11. The zero-order valence-electron chi connectivity index (χ0n) is 13.6. The van der Waals surface area contributed by atoms with Gasteiger partial charge in [0, 0.05) is 55.0 Å². The first-order chi connectivity index (χ1) is 11.3. The highest BCUT2D eigenvalue weighted by Crippen LogP contribution is 2.38. The van der Waals surface area contributed by atoms with E-state index < -0.39 is 0 Å². The lowest BCUT2D eigenvalue weighted by molar-refractivity contribution is -0.0111. The number of aryl methyl sites for hydroxylation is 1. The minimum atomic E-state index is 0.108. The molecule has 2 aliphatic rings. The molecule has 1 saturated heterocycles. The topological polar surface area (TPSA) is 52.0 Å². The van der Waals surface area contributed by atoms with Crippen molar-refractivity contribution >= 4 is 11.3 Å². The standard InChI is InChI=1S/C17H24N4OS/c1-21-11-13(8-20-21)16-15(6-3-7-22-16)18-9-14-10-19-17(23-14)12-4-2-5-12/h8,10-12,15-16,18H,2-7,9H2,1H3/t15-,16+/m1/s1. The van der Waals surface area contributed by atoms with Crippen molar-refractivity contribution in [2.75, 3.05) is 6.61 Å². The zero-order chi connectivity index (χ0) is 15.6. The second-order valence-electron chi connectivity index (χ2n) is 6.66. The normalized spacial score (nSPS) is 25.4. The summed E-state index contributed by atoms with van der Waals surface area (Å²) in [7, 11) is 1.95. The first kappa shape index (κ1) is 15.3. The van der Waals surface area contributed by atoms with Crippen molar-refractivity contribution in [3.05, 3.63) is 34.0 Å². The summed E-state index contributed by atoms with van der Waals surface area (Å²) in [6.07, 6.45) is 12.4. The smallest absolute Gasteiger partial charge is 0.101 e. The van der Waals surface area contributed by atoms with Gasteiger partial charge in [-0.3, -0.25) is 4.68 Å². The quantitative estimate of drug-likeness (QED) is 0.914. The van der Waals surface area contributed by atoms with Gasteiger partial charge in [-0.25, -0.2) is 4.98 Å². The molecule has 1 aliphatic heterocycles. The Balaban J connectivity index is 1.39. The number of hydrogen-bond donors (Lipinski definition) is 1. The summed E-state index contributed by atoms with van der Waals surface area (Å²) in [4.78, 5) is 5.95. The molecule has 0 radical (unpaired) electrons. The first-order valence-electron chi connectivity index (χ1n) is 8.58. The Morgan fingerprint density at radius 1 is 1.30 bits per heavy atom. The molecule has 2 fully saturated rings. The van der Waals surface area contributed by atoms with Crippen LogP contribution in [0.2, 0.25) is 0 Å². The minimum absolute atomic E-state index is 0.108. The number of rotatable bonds is 5. The summed E-state index contributed by atoms with van der Waals surface area (Å²) in [5, 5.41) is 9.31. The maximum atomic E-state index is 6.02. The molecule has 2 atom stereocenters. The Morgan fingerprint density at radius 3 is 2.96 bits per heavy atom. The molecule has 0 aromatic carbocycles. The van der Waals surface area contributed by atoms with Gasteiger partial charge < -0.3 is 10.1 Å². The molecule has 124 valence electrons. The van der Waals surface area contributed by atoms with Gasteiger partial charge in [0.2, 0.25) is 0 Å². The first-order valence-corrected chi connectivity index (χ1v) is 9.39. The molecular weight excluding hydrogens is 308 g/mol. The van der Waals surface area contributed by atoms with Crippen LogP contribution in [0.25, 0.3) is 0 Å². The van der Waals surface area contributed by atoms with Crippen LogP contribution in [0.1, 0.15) is 59.6 Å².